The van der Waals surface area contributed by atoms with E-state index in [2.05, 4.69) is 13.5 Å². The lowest BCUT2D eigenvalue weighted by Crippen LogP contribution is -2.20. The Morgan fingerprint density at radius 1 is 0.889 bits per heavy atom. The van der Waals surface area contributed by atoms with Crippen molar-refractivity contribution >= 4 is 0 Å². The molecule has 0 aromatic heterocycles. The van der Waals surface area contributed by atoms with E-state index in [1.54, 1.807) is 0 Å². The van der Waals surface area contributed by atoms with Crippen LogP contribution in [0.1, 0.15) is 61.1 Å². The van der Waals surface area contributed by atoms with Gasteiger partial charge in [-0.2, -0.15) is 8.78 Å². The van der Waals surface area contributed by atoms with E-state index in [0.29, 0.717) is 31.0 Å². The summed E-state index contributed by atoms with van der Waals surface area (Å²) in [5, 5.41) is 0. The second-order valence-corrected chi connectivity index (χ2v) is 8.45. The van der Waals surface area contributed by atoms with Crippen LogP contribution in [0.5, 0.6) is 11.5 Å². The molecule has 2 aliphatic rings. The number of hydrogen-bond donors (Lipinski definition) is 0. The number of allylic oxidation sites excluding steroid dienone is 1. The molecule has 0 N–H and O–H groups in total. The van der Waals surface area contributed by atoms with Gasteiger partial charge in [-0.25, -0.2) is 0 Å². The Labute approximate surface area is 164 Å². The van der Waals surface area contributed by atoms with Gasteiger partial charge in [0.25, 0.3) is 0 Å². The Hall–Kier alpha value is -1.58. The SMILES string of the molecule is C=CC1CCC(COc2ccc(OCC3CCC(C)CC3)c(F)c2F)CC1.[HH].[HH]. The van der Waals surface area contributed by atoms with Crippen molar-refractivity contribution in [1.29, 1.82) is 0 Å². The zero-order valence-corrected chi connectivity index (χ0v) is 16.4. The van der Waals surface area contributed by atoms with Crippen LogP contribution in [0, 0.1) is 35.3 Å². The van der Waals surface area contributed by atoms with Crippen LogP contribution in [0.15, 0.2) is 24.8 Å². The maximum absolute atomic E-state index is 14.4. The van der Waals surface area contributed by atoms with Gasteiger partial charge in [-0.1, -0.05) is 25.8 Å². The molecule has 2 nitrogen and oxygen atoms in total. The molecule has 0 heterocycles. The normalized spacial score (nSPS) is 28.6. The van der Waals surface area contributed by atoms with Gasteiger partial charge in [0.15, 0.2) is 11.5 Å². The quantitative estimate of drug-likeness (QED) is 0.471. The summed E-state index contributed by atoms with van der Waals surface area (Å²) >= 11 is 0. The first-order valence-electron chi connectivity index (χ1n) is 10.4. The third-order valence-electron chi connectivity index (χ3n) is 6.32. The van der Waals surface area contributed by atoms with Gasteiger partial charge in [-0.15, -0.1) is 6.58 Å². The van der Waals surface area contributed by atoms with Crippen molar-refractivity contribution in [2.75, 3.05) is 13.2 Å². The molecule has 0 bridgehead atoms. The summed E-state index contributed by atoms with van der Waals surface area (Å²) in [6, 6.07) is 2.99. The van der Waals surface area contributed by atoms with Crippen LogP contribution < -0.4 is 9.47 Å². The van der Waals surface area contributed by atoms with Gasteiger partial charge >= 0.3 is 0 Å². The van der Waals surface area contributed by atoms with Crippen molar-refractivity contribution in [2.45, 2.75) is 58.3 Å². The number of benzene rings is 1. The number of halogens is 2. The molecule has 3 rings (SSSR count). The van der Waals surface area contributed by atoms with Crippen molar-refractivity contribution in [3.63, 3.8) is 0 Å². The lowest BCUT2D eigenvalue weighted by atomic mass is 9.82. The predicted molar refractivity (Wildman–Crippen MR) is 108 cm³/mol. The first-order valence-corrected chi connectivity index (χ1v) is 10.4. The topological polar surface area (TPSA) is 18.5 Å². The maximum Gasteiger partial charge on any atom is 0.204 e. The van der Waals surface area contributed by atoms with Gasteiger partial charge < -0.3 is 9.47 Å². The van der Waals surface area contributed by atoms with Gasteiger partial charge in [0.2, 0.25) is 11.6 Å². The zero-order valence-electron chi connectivity index (χ0n) is 16.4. The molecule has 154 valence electrons. The second kappa shape index (κ2) is 9.57. The molecular weight excluding hydrogens is 346 g/mol. The fraction of sp³-hybridized carbons (Fsp3) is 0.652. The molecule has 0 unspecified atom stereocenters. The fourth-order valence-electron chi connectivity index (χ4n) is 4.24. The molecule has 27 heavy (non-hydrogen) atoms. The highest BCUT2D eigenvalue weighted by Gasteiger charge is 2.23. The Morgan fingerprint density at radius 3 is 1.78 bits per heavy atom. The van der Waals surface area contributed by atoms with E-state index in [-0.39, 0.29) is 14.4 Å². The summed E-state index contributed by atoms with van der Waals surface area (Å²) in [7, 11) is 0. The molecule has 0 radical (unpaired) electrons. The third kappa shape index (κ3) is 5.46. The highest BCUT2D eigenvalue weighted by Crippen LogP contribution is 2.33. The molecule has 1 aromatic rings. The lowest BCUT2D eigenvalue weighted by Gasteiger charge is -2.27. The summed E-state index contributed by atoms with van der Waals surface area (Å²) < 4.78 is 39.9. The molecular formula is C23H36F2O2. The molecule has 0 amide bonds. The Bertz CT molecular complexity index is 626. The van der Waals surface area contributed by atoms with Crippen LogP contribution in [0.2, 0.25) is 0 Å². The molecule has 2 saturated carbocycles. The van der Waals surface area contributed by atoms with E-state index in [9.17, 15) is 8.78 Å². The summed E-state index contributed by atoms with van der Waals surface area (Å²) in [5.41, 5.74) is 0. The average molecular weight is 383 g/mol. The van der Waals surface area contributed by atoms with Gasteiger partial charge in [0.1, 0.15) is 0 Å². The van der Waals surface area contributed by atoms with Gasteiger partial charge in [0, 0.05) is 2.85 Å². The Kier molecular flexibility index (Phi) is 7.14. The maximum atomic E-state index is 14.4. The van der Waals surface area contributed by atoms with Crippen LogP contribution in [0.4, 0.5) is 8.78 Å². The van der Waals surface area contributed by atoms with Gasteiger partial charge in [-0.05, 0) is 74.3 Å². The average Bonchev–Trinajstić information content (AvgIpc) is 2.70. The first kappa shape index (κ1) is 20.2. The molecule has 0 spiro atoms. The van der Waals surface area contributed by atoms with Crippen LogP contribution in [0.3, 0.4) is 0 Å². The summed E-state index contributed by atoms with van der Waals surface area (Å²) in [5.74, 6) is 0.273. The van der Waals surface area contributed by atoms with Crippen molar-refractivity contribution in [1.82, 2.24) is 0 Å². The van der Waals surface area contributed by atoms with E-state index in [1.165, 1.54) is 25.0 Å². The predicted octanol–water partition coefficient (Wildman–Crippen LogP) is 7.03. The number of ether oxygens (including phenoxy) is 2. The highest BCUT2D eigenvalue weighted by molar-refractivity contribution is 5.35. The smallest absolute Gasteiger partial charge is 0.204 e. The highest BCUT2D eigenvalue weighted by atomic mass is 19.2. The fourth-order valence-corrected chi connectivity index (χ4v) is 4.24. The van der Waals surface area contributed by atoms with E-state index >= 15 is 0 Å². The minimum absolute atomic E-state index is 0. The van der Waals surface area contributed by atoms with Crippen molar-refractivity contribution in [2.24, 2.45) is 23.7 Å². The van der Waals surface area contributed by atoms with Gasteiger partial charge in [-0.3, -0.25) is 0 Å². The standard InChI is InChI=1S/C23H32F2O2.2H2/c1-3-17-8-10-19(11-9-17)15-27-21-13-12-20(22(24)23(21)25)26-14-18-6-4-16(2)5-7-18;;/h3,12-13,16-19H,1,4-11,14-15H2,2H3;2*1H. The van der Waals surface area contributed by atoms with Crippen LogP contribution in [-0.4, -0.2) is 13.2 Å². The van der Waals surface area contributed by atoms with E-state index < -0.39 is 11.6 Å². The Balaban J connectivity index is 0.00000210. The minimum Gasteiger partial charge on any atom is -0.490 e. The molecule has 1 aromatic carbocycles. The molecule has 0 saturated heterocycles. The second-order valence-electron chi connectivity index (χ2n) is 8.45. The van der Waals surface area contributed by atoms with E-state index in [1.807, 2.05) is 6.08 Å². The van der Waals surface area contributed by atoms with Crippen LogP contribution >= 0.6 is 0 Å². The number of hydrogen-bond acceptors (Lipinski definition) is 2. The molecule has 0 aliphatic heterocycles. The van der Waals surface area contributed by atoms with Gasteiger partial charge in [0.05, 0.1) is 13.2 Å². The molecule has 4 heteroatoms. The van der Waals surface area contributed by atoms with Crippen molar-refractivity contribution < 1.29 is 21.1 Å². The van der Waals surface area contributed by atoms with Crippen molar-refractivity contribution in [3.8, 4) is 11.5 Å². The van der Waals surface area contributed by atoms with E-state index in [0.717, 1.165) is 44.4 Å². The first-order chi connectivity index (χ1) is 13.1. The Morgan fingerprint density at radius 2 is 1.33 bits per heavy atom. The summed E-state index contributed by atoms with van der Waals surface area (Å²) in [6.07, 6.45) is 10.9. The van der Waals surface area contributed by atoms with Crippen LogP contribution in [0.25, 0.3) is 0 Å². The lowest BCUT2D eigenvalue weighted by molar-refractivity contribution is 0.176. The monoisotopic (exact) mass is 382 g/mol. The summed E-state index contributed by atoms with van der Waals surface area (Å²) in [6.45, 7) is 6.99. The number of rotatable bonds is 7. The molecule has 2 fully saturated rings. The van der Waals surface area contributed by atoms with Crippen LogP contribution in [-0.2, 0) is 0 Å². The molecule has 0 atom stereocenters. The third-order valence-corrected chi connectivity index (χ3v) is 6.32. The summed E-state index contributed by atoms with van der Waals surface area (Å²) in [4.78, 5) is 0. The minimum atomic E-state index is -0.940. The molecule has 2 aliphatic carbocycles. The van der Waals surface area contributed by atoms with Crippen molar-refractivity contribution in [3.05, 3.63) is 36.4 Å². The van der Waals surface area contributed by atoms with E-state index in [4.69, 9.17) is 9.47 Å². The largest absolute Gasteiger partial charge is 0.490 e. The zero-order chi connectivity index (χ0) is 19.2.